The lowest BCUT2D eigenvalue weighted by Gasteiger charge is -2.10. The zero-order valence-electron chi connectivity index (χ0n) is 13.0. The van der Waals surface area contributed by atoms with Gasteiger partial charge in [0.05, 0.1) is 11.1 Å². The predicted octanol–water partition coefficient (Wildman–Crippen LogP) is 3.96. The molecule has 1 N–H and O–H groups in total. The lowest BCUT2D eigenvalue weighted by molar-refractivity contribution is 0.112. The molecular formula is C18H18BrNO4. The van der Waals surface area contributed by atoms with Crippen molar-refractivity contribution in [2.24, 2.45) is 0 Å². The minimum Gasteiger partial charge on any atom is -0.492 e. The molecule has 0 radical (unpaired) electrons. The molecule has 0 atom stereocenters. The van der Waals surface area contributed by atoms with Gasteiger partial charge < -0.3 is 14.8 Å². The van der Waals surface area contributed by atoms with Gasteiger partial charge in [-0.2, -0.15) is 0 Å². The van der Waals surface area contributed by atoms with E-state index in [0.29, 0.717) is 35.4 Å². The smallest absolute Gasteiger partial charge is 0.407 e. The Morgan fingerprint density at radius 3 is 2.67 bits per heavy atom. The maximum Gasteiger partial charge on any atom is 0.407 e. The fourth-order valence-electron chi connectivity index (χ4n) is 1.95. The largest absolute Gasteiger partial charge is 0.492 e. The molecule has 2 rings (SSSR count). The molecule has 0 aliphatic heterocycles. The average Bonchev–Trinajstić information content (AvgIpc) is 2.62. The maximum absolute atomic E-state index is 11.6. The van der Waals surface area contributed by atoms with E-state index < -0.39 is 6.09 Å². The van der Waals surface area contributed by atoms with E-state index in [4.69, 9.17) is 9.47 Å². The summed E-state index contributed by atoms with van der Waals surface area (Å²) in [5.41, 5.74) is 1.48. The van der Waals surface area contributed by atoms with Gasteiger partial charge in [0.2, 0.25) is 0 Å². The van der Waals surface area contributed by atoms with Crippen molar-refractivity contribution in [1.82, 2.24) is 5.32 Å². The van der Waals surface area contributed by atoms with Crippen LogP contribution in [0.15, 0.2) is 53.0 Å². The first kappa shape index (κ1) is 18.0. The number of hydrogen-bond acceptors (Lipinski definition) is 4. The SMILES string of the molecule is O=Cc1cccc(OCCCNC(=O)OCc2ccccc2)c1Br. The first-order chi connectivity index (χ1) is 11.7. The van der Waals surface area contributed by atoms with Crippen molar-refractivity contribution >= 4 is 28.3 Å². The Morgan fingerprint density at radius 2 is 1.92 bits per heavy atom. The van der Waals surface area contributed by atoms with E-state index in [0.717, 1.165) is 11.8 Å². The molecule has 0 unspecified atom stereocenters. The summed E-state index contributed by atoms with van der Waals surface area (Å²) in [5.74, 6) is 0.603. The molecule has 0 aromatic heterocycles. The molecule has 0 aliphatic carbocycles. The summed E-state index contributed by atoms with van der Waals surface area (Å²) in [4.78, 5) is 22.4. The molecule has 0 bridgehead atoms. The second kappa shape index (κ2) is 9.72. The minimum absolute atomic E-state index is 0.245. The highest BCUT2D eigenvalue weighted by Crippen LogP contribution is 2.27. The van der Waals surface area contributed by atoms with Crippen molar-refractivity contribution in [3.63, 3.8) is 0 Å². The Labute approximate surface area is 149 Å². The lowest BCUT2D eigenvalue weighted by atomic mass is 10.2. The van der Waals surface area contributed by atoms with Crippen LogP contribution in [-0.4, -0.2) is 25.5 Å². The molecule has 0 spiro atoms. The Balaban J connectivity index is 1.63. The standard InChI is InChI=1S/C18H18BrNO4/c19-17-15(12-21)8-4-9-16(17)23-11-5-10-20-18(22)24-13-14-6-2-1-3-7-14/h1-4,6-9,12H,5,10-11,13H2,(H,20,22). The molecule has 126 valence electrons. The average molecular weight is 392 g/mol. The molecule has 2 aromatic carbocycles. The molecule has 5 nitrogen and oxygen atoms in total. The lowest BCUT2D eigenvalue weighted by Crippen LogP contribution is -2.26. The van der Waals surface area contributed by atoms with Crippen molar-refractivity contribution in [3.8, 4) is 5.75 Å². The first-order valence-electron chi connectivity index (χ1n) is 7.51. The van der Waals surface area contributed by atoms with Gasteiger partial charge in [-0.1, -0.05) is 42.5 Å². The fraction of sp³-hybridized carbons (Fsp3) is 0.222. The van der Waals surface area contributed by atoms with Gasteiger partial charge in [-0.25, -0.2) is 4.79 Å². The van der Waals surface area contributed by atoms with Crippen molar-refractivity contribution in [3.05, 3.63) is 64.1 Å². The summed E-state index contributed by atoms with van der Waals surface area (Å²) in [6, 6.07) is 14.7. The van der Waals surface area contributed by atoms with Gasteiger partial charge in [0, 0.05) is 12.1 Å². The van der Waals surface area contributed by atoms with Crippen LogP contribution < -0.4 is 10.1 Å². The summed E-state index contributed by atoms with van der Waals surface area (Å²) < 4.78 is 11.3. The minimum atomic E-state index is -0.456. The topological polar surface area (TPSA) is 64.6 Å². The van der Waals surface area contributed by atoms with Gasteiger partial charge in [0.1, 0.15) is 12.4 Å². The van der Waals surface area contributed by atoms with Crippen LogP contribution in [-0.2, 0) is 11.3 Å². The van der Waals surface area contributed by atoms with Crippen LogP contribution in [0.1, 0.15) is 22.3 Å². The van der Waals surface area contributed by atoms with Crippen LogP contribution in [0, 0.1) is 0 Å². The molecule has 6 heteroatoms. The summed E-state index contributed by atoms with van der Waals surface area (Å²) >= 11 is 3.33. The molecule has 0 saturated heterocycles. The number of ether oxygens (including phenoxy) is 2. The Morgan fingerprint density at radius 1 is 1.12 bits per heavy atom. The summed E-state index contributed by atoms with van der Waals surface area (Å²) in [7, 11) is 0. The van der Waals surface area contributed by atoms with Gasteiger partial charge >= 0.3 is 6.09 Å². The number of carbonyl (C=O) groups excluding carboxylic acids is 2. The van der Waals surface area contributed by atoms with E-state index in [2.05, 4.69) is 21.2 Å². The van der Waals surface area contributed by atoms with Crippen LogP contribution in [0.25, 0.3) is 0 Å². The molecule has 0 aliphatic rings. The number of nitrogens with one attached hydrogen (secondary N) is 1. The van der Waals surface area contributed by atoms with E-state index in [-0.39, 0.29) is 6.61 Å². The monoisotopic (exact) mass is 391 g/mol. The number of alkyl carbamates (subject to hydrolysis) is 1. The highest BCUT2D eigenvalue weighted by atomic mass is 79.9. The van der Waals surface area contributed by atoms with Gasteiger partial charge in [-0.15, -0.1) is 0 Å². The molecule has 24 heavy (non-hydrogen) atoms. The second-order valence-electron chi connectivity index (χ2n) is 4.97. The van der Waals surface area contributed by atoms with Gasteiger partial charge in [0.25, 0.3) is 0 Å². The van der Waals surface area contributed by atoms with Crippen molar-refractivity contribution in [2.45, 2.75) is 13.0 Å². The molecule has 0 fully saturated rings. The highest BCUT2D eigenvalue weighted by Gasteiger charge is 2.06. The maximum atomic E-state index is 11.6. The summed E-state index contributed by atoms with van der Waals surface area (Å²) in [5, 5.41) is 2.67. The highest BCUT2D eigenvalue weighted by molar-refractivity contribution is 9.10. The third-order valence-electron chi connectivity index (χ3n) is 3.18. The Bertz CT molecular complexity index is 676. The van der Waals surface area contributed by atoms with Crippen molar-refractivity contribution in [2.75, 3.05) is 13.2 Å². The van der Waals surface area contributed by atoms with Crippen LogP contribution in [0.4, 0.5) is 4.79 Å². The third kappa shape index (κ3) is 5.70. The second-order valence-corrected chi connectivity index (χ2v) is 5.76. The van der Waals surface area contributed by atoms with Gasteiger partial charge in [0.15, 0.2) is 6.29 Å². The van der Waals surface area contributed by atoms with Crippen LogP contribution in [0.3, 0.4) is 0 Å². The molecule has 1 amide bonds. The number of benzene rings is 2. The number of aldehydes is 1. The van der Waals surface area contributed by atoms with E-state index in [1.807, 2.05) is 30.3 Å². The normalized spacial score (nSPS) is 10.0. The Kier molecular flexibility index (Phi) is 7.29. The van der Waals surface area contributed by atoms with E-state index in [9.17, 15) is 9.59 Å². The Hall–Kier alpha value is -2.34. The number of carbonyl (C=O) groups is 2. The van der Waals surface area contributed by atoms with Gasteiger partial charge in [-0.3, -0.25) is 4.79 Å². The number of amides is 1. The van der Waals surface area contributed by atoms with Gasteiger partial charge in [-0.05, 0) is 34.0 Å². The molecular weight excluding hydrogens is 374 g/mol. The predicted molar refractivity (Wildman–Crippen MR) is 94.3 cm³/mol. The zero-order chi connectivity index (χ0) is 17.2. The summed E-state index contributed by atoms with van der Waals surface area (Å²) in [6.45, 7) is 1.10. The van der Waals surface area contributed by atoms with E-state index in [1.54, 1.807) is 18.2 Å². The first-order valence-corrected chi connectivity index (χ1v) is 8.31. The molecule has 2 aromatic rings. The molecule has 0 heterocycles. The van der Waals surface area contributed by atoms with Crippen LogP contribution >= 0.6 is 15.9 Å². The molecule has 0 saturated carbocycles. The number of hydrogen-bond donors (Lipinski definition) is 1. The van der Waals surface area contributed by atoms with Crippen molar-refractivity contribution in [1.29, 1.82) is 0 Å². The van der Waals surface area contributed by atoms with E-state index in [1.165, 1.54) is 0 Å². The zero-order valence-corrected chi connectivity index (χ0v) is 14.6. The van der Waals surface area contributed by atoms with E-state index >= 15 is 0 Å². The quantitative estimate of drug-likeness (QED) is 0.546. The number of rotatable bonds is 8. The van der Waals surface area contributed by atoms with Crippen LogP contribution in [0.2, 0.25) is 0 Å². The fourth-order valence-corrected chi connectivity index (χ4v) is 2.42. The summed E-state index contributed by atoms with van der Waals surface area (Å²) in [6.07, 6.45) is 0.933. The van der Waals surface area contributed by atoms with Crippen molar-refractivity contribution < 1.29 is 19.1 Å². The van der Waals surface area contributed by atoms with Crippen LogP contribution in [0.5, 0.6) is 5.75 Å². The number of halogens is 1. The third-order valence-corrected chi connectivity index (χ3v) is 4.03.